The Bertz CT molecular complexity index is 805. The maximum Gasteiger partial charge on any atom is 0.419 e. The fourth-order valence-electron chi connectivity index (χ4n) is 2.28. The first-order valence-corrected chi connectivity index (χ1v) is 7.41. The van der Waals surface area contributed by atoms with E-state index < -0.39 is 11.7 Å². The van der Waals surface area contributed by atoms with Gasteiger partial charge in [-0.3, -0.25) is 20.6 Å². The minimum absolute atomic E-state index is 0.0263. The van der Waals surface area contributed by atoms with Gasteiger partial charge in [-0.15, -0.1) is 0 Å². The molecule has 2 aromatic carbocycles. The van der Waals surface area contributed by atoms with Crippen molar-refractivity contribution in [2.75, 3.05) is 6.54 Å². The Kier molecular flexibility index (Phi) is 4.60. The Morgan fingerprint density at radius 2 is 1.84 bits per heavy atom. The molecule has 0 aliphatic carbocycles. The van der Waals surface area contributed by atoms with Crippen LogP contribution in [0.1, 0.15) is 16.7 Å². The number of nitrogens with zero attached hydrogens (tertiary/aromatic N) is 1. The van der Waals surface area contributed by atoms with Gasteiger partial charge in [0.25, 0.3) is 5.91 Å². The summed E-state index contributed by atoms with van der Waals surface area (Å²) >= 11 is 0. The first-order valence-electron chi connectivity index (χ1n) is 7.41. The first kappa shape index (κ1) is 16.8. The second-order valence-corrected chi connectivity index (χ2v) is 5.32. The van der Waals surface area contributed by atoms with E-state index in [1.165, 1.54) is 12.1 Å². The summed E-state index contributed by atoms with van der Waals surface area (Å²) in [7, 11) is 0. The highest BCUT2D eigenvalue weighted by Crippen LogP contribution is 2.37. The summed E-state index contributed by atoms with van der Waals surface area (Å²) in [4.78, 5) is 15.0. The van der Waals surface area contributed by atoms with Crippen molar-refractivity contribution in [2.24, 2.45) is 4.99 Å². The van der Waals surface area contributed by atoms with E-state index >= 15 is 0 Å². The monoisotopic (exact) mass is 349 g/mol. The molecule has 0 unspecified atom stereocenters. The van der Waals surface area contributed by atoms with Gasteiger partial charge in [0.05, 0.1) is 5.56 Å². The molecule has 8 heteroatoms. The molecule has 130 valence electrons. The van der Waals surface area contributed by atoms with Crippen molar-refractivity contribution in [2.45, 2.75) is 12.8 Å². The van der Waals surface area contributed by atoms with E-state index in [4.69, 9.17) is 4.74 Å². The van der Waals surface area contributed by atoms with Crippen molar-refractivity contribution in [1.82, 2.24) is 10.9 Å². The van der Waals surface area contributed by atoms with Crippen LogP contribution in [0.15, 0.2) is 53.5 Å². The Hall–Kier alpha value is -3.03. The molecule has 25 heavy (non-hydrogen) atoms. The molecule has 0 spiro atoms. The summed E-state index contributed by atoms with van der Waals surface area (Å²) in [5, 5.41) is 0. The molecule has 0 aromatic heterocycles. The molecule has 0 atom stereocenters. The van der Waals surface area contributed by atoms with Crippen molar-refractivity contribution in [1.29, 1.82) is 0 Å². The van der Waals surface area contributed by atoms with E-state index in [1.807, 2.05) is 6.07 Å². The molecule has 0 saturated carbocycles. The molecule has 1 aliphatic rings. The number of carbonyl (C=O) groups excluding carboxylic acids is 1. The van der Waals surface area contributed by atoms with Crippen LogP contribution in [0.5, 0.6) is 5.75 Å². The van der Waals surface area contributed by atoms with Crippen LogP contribution in [0.4, 0.5) is 13.2 Å². The maximum absolute atomic E-state index is 13.4. The van der Waals surface area contributed by atoms with Gasteiger partial charge in [0.15, 0.2) is 0 Å². The Balaban J connectivity index is 1.87. The molecule has 0 fully saturated rings. The molecule has 2 N–H and O–H groups in total. The third kappa shape index (κ3) is 4.09. The summed E-state index contributed by atoms with van der Waals surface area (Å²) in [5.41, 5.74) is 4.87. The zero-order valence-corrected chi connectivity index (χ0v) is 12.9. The van der Waals surface area contributed by atoms with Crippen molar-refractivity contribution in [3.63, 3.8) is 0 Å². The molecule has 0 radical (unpaired) electrons. The molecule has 1 amide bonds. The highest BCUT2D eigenvalue weighted by atomic mass is 19.4. The zero-order valence-electron chi connectivity index (χ0n) is 12.9. The van der Waals surface area contributed by atoms with E-state index in [2.05, 4.69) is 15.8 Å². The summed E-state index contributed by atoms with van der Waals surface area (Å²) in [6.07, 6.45) is -4.58. The van der Waals surface area contributed by atoms with Gasteiger partial charge in [-0.2, -0.15) is 13.2 Å². The van der Waals surface area contributed by atoms with E-state index in [0.717, 1.165) is 11.6 Å². The number of carbonyl (C=O) groups is 1. The van der Waals surface area contributed by atoms with Crippen molar-refractivity contribution >= 4 is 11.7 Å². The minimum atomic E-state index is -4.58. The molecular formula is C17H14F3N3O2. The molecule has 1 aliphatic heterocycles. The fraction of sp³-hybridized carbons (Fsp3) is 0.176. The van der Waals surface area contributed by atoms with Gasteiger partial charge in [-0.1, -0.05) is 30.3 Å². The number of benzene rings is 2. The predicted octanol–water partition coefficient (Wildman–Crippen LogP) is 2.67. The topological polar surface area (TPSA) is 62.7 Å². The van der Waals surface area contributed by atoms with Crippen LogP contribution in [0.3, 0.4) is 0 Å². The lowest BCUT2D eigenvalue weighted by Crippen LogP contribution is -2.47. The average molecular weight is 349 g/mol. The van der Waals surface area contributed by atoms with E-state index in [9.17, 15) is 18.0 Å². The van der Waals surface area contributed by atoms with Crippen LogP contribution < -0.4 is 15.6 Å². The van der Waals surface area contributed by atoms with Gasteiger partial charge >= 0.3 is 6.18 Å². The van der Waals surface area contributed by atoms with Gasteiger partial charge < -0.3 is 4.74 Å². The lowest BCUT2D eigenvalue weighted by atomic mass is 10.1. The third-order valence-electron chi connectivity index (χ3n) is 3.50. The quantitative estimate of drug-likeness (QED) is 0.892. The van der Waals surface area contributed by atoms with Crippen molar-refractivity contribution in [3.8, 4) is 5.75 Å². The summed E-state index contributed by atoms with van der Waals surface area (Å²) in [6.45, 7) is -0.117. The number of hydrogen-bond donors (Lipinski definition) is 2. The minimum Gasteiger partial charge on any atom is -0.488 e. The molecule has 3 rings (SSSR count). The smallest absolute Gasteiger partial charge is 0.419 e. The molecule has 5 nitrogen and oxygen atoms in total. The van der Waals surface area contributed by atoms with Crippen LogP contribution >= 0.6 is 0 Å². The largest absolute Gasteiger partial charge is 0.488 e. The van der Waals surface area contributed by atoms with Crippen molar-refractivity contribution < 1.29 is 22.7 Å². The normalized spacial score (nSPS) is 14.4. The predicted molar refractivity (Wildman–Crippen MR) is 84.9 cm³/mol. The number of rotatable bonds is 4. The second-order valence-electron chi connectivity index (χ2n) is 5.32. The highest BCUT2D eigenvalue weighted by molar-refractivity contribution is 6.02. The zero-order chi connectivity index (χ0) is 17.9. The Labute approximate surface area is 141 Å². The van der Waals surface area contributed by atoms with Gasteiger partial charge in [-0.05, 0) is 23.8 Å². The maximum atomic E-state index is 13.4. The molecular weight excluding hydrogens is 335 g/mol. The van der Waals surface area contributed by atoms with E-state index in [1.54, 1.807) is 24.3 Å². The highest BCUT2D eigenvalue weighted by Gasteiger charge is 2.35. The lowest BCUT2D eigenvalue weighted by Gasteiger charge is -2.19. The molecule has 1 heterocycles. The fourth-order valence-corrected chi connectivity index (χ4v) is 2.28. The first-order chi connectivity index (χ1) is 11.9. The number of hydrazine groups is 1. The van der Waals surface area contributed by atoms with Crippen LogP contribution in [0.2, 0.25) is 0 Å². The van der Waals surface area contributed by atoms with Gasteiger partial charge in [-0.25, -0.2) is 0 Å². The molecule has 0 bridgehead atoms. The average Bonchev–Trinajstić information content (AvgIpc) is 2.61. The van der Waals surface area contributed by atoms with Gasteiger partial charge in [0.2, 0.25) is 0 Å². The van der Waals surface area contributed by atoms with E-state index in [-0.39, 0.29) is 36.2 Å². The number of amidine groups is 1. The SMILES string of the molecule is O=C1CN=C(c2ccc(OCc3ccccc3)c(C(F)(F)F)c2)NN1. The number of nitrogens with one attached hydrogen (secondary N) is 2. The molecule has 2 aromatic rings. The number of ether oxygens (including phenoxy) is 1. The second kappa shape index (κ2) is 6.84. The third-order valence-corrected chi connectivity index (χ3v) is 3.50. The van der Waals surface area contributed by atoms with Gasteiger partial charge in [0, 0.05) is 5.56 Å². The van der Waals surface area contributed by atoms with Crippen LogP contribution in [0.25, 0.3) is 0 Å². The number of amides is 1. The Morgan fingerprint density at radius 1 is 1.08 bits per heavy atom. The lowest BCUT2D eigenvalue weighted by molar-refractivity contribution is -0.139. The Morgan fingerprint density at radius 3 is 2.48 bits per heavy atom. The van der Waals surface area contributed by atoms with Gasteiger partial charge in [0.1, 0.15) is 24.7 Å². The van der Waals surface area contributed by atoms with E-state index in [0.29, 0.717) is 0 Å². The standard InChI is InChI=1S/C17H14F3N3O2/c18-17(19,20)13-8-12(16-21-9-15(24)22-23-16)6-7-14(13)25-10-11-4-2-1-3-5-11/h1-8H,9-10H2,(H,21,23)(H,22,24). The summed E-state index contributed by atoms with van der Waals surface area (Å²) in [6, 6.07) is 12.6. The summed E-state index contributed by atoms with van der Waals surface area (Å²) < 4.78 is 45.5. The van der Waals surface area contributed by atoms with Crippen LogP contribution in [-0.2, 0) is 17.6 Å². The molecule has 0 saturated heterocycles. The number of halogens is 3. The number of alkyl halides is 3. The summed E-state index contributed by atoms with van der Waals surface area (Å²) in [5.74, 6) is -0.456. The van der Waals surface area contributed by atoms with Crippen molar-refractivity contribution in [3.05, 3.63) is 65.2 Å². The number of aliphatic imine (C=N–C) groups is 1. The van der Waals surface area contributed by atoms with Crippen LogP contribution in [-0.4, -0.2) is 18.3 Å². The number of hydrogen-bond acceptors (Lipinski definition) is 4. The van der Waals surface area contributed by atoms with Crippen LogP contribution in [0, 0.1) is 0 Å².